The summed E-state index contributed by atoms with van der Waals surface area (Å²) >= 11 is 1.65. The Morgan fingerprint density at radius 2 is 1.17 bits per heavy atom. The van der Waals surface area contributed by atoms with Crippen molar-refractivity contribution in [1.82, 2.24) is 9.80 Å². The minimum absolute atomic E-state index is 0.0130. The summed E-state index contributed by atoms with van der Waals surface area (Å²) in [4.78, 5) is 62.9. The summed E-state index contributed by atoms with van der Waals surface area (Å²) in [5, 5.41) is 4.82. The molecule has 8 rings (SSSR count). The molecule has 0 radical (unpaired) electrons. The summed E-state index contributed by atoms with van der Waals surface area (Å²) in [6, 6.07) is 35.1. The molecule has 1 saturated heterocycles. The molecule has 319 valence electrons. The van der Waals surface area contributed by atoms with Gasteiger partial charge in [0.1, 0.15) is 0 Å². The van der Waals surface area contributed by atoms with Gasteiger partial charge >= 0.3 is 383 Å². The summed E-state index contributed by atoms with van der Waals surface area (Å²) in [6.07, 6.45) is 8.78. The van der Waals surface area contributed by atoms with Gasteiger partial charge in [-0.25, -0.2) is 0 Å². The van der Waals surface area contributed by atoms with Gasteiger partial charge in [-0.2, -0.15) is 0 Å². The molecule has 3 aliphatic heterocycles. The first-order chi connectivity index (χ1) is 30.5. The topological polar surface area (TPSA) is 84.0 Å². The number of hydrogen-bond acceptors (Lipinski definition) is 5. The van der Waals surface area contributed by atoms with Gasteiger partial charge in [-0.3, -0.25) is 0 Å². The molecule has 0 aliphatic carbocycles. The molecule has 0 saturated carbocycles. The summed E-state index contributed by atoms with van der Waals surface area (Å²) < 4.78 is 9.96. The standard InChI is InChI=1S/C54H51N2O5P.Os/c1-8-19-37-27-45-49-48-46(52(58)55(30-34(3)4)53(59)47(37)48)29-44(50(49)54(60)56(51(45)57)31-35(5)6)43(28-39-33-61-32-38(39)20-9-2)36(7)62(40-21-13-10-14-22-40,41-23-15-11-16-24-41)42-25-17-12-18-26-42;/h8,10-29,34-35H,9,30-33H2,1-6H3;/q+1;/b19-8+,38-20?,39-28?,43-36?;. The Bertz CT molecular complexity index is 2760. The van der Waals surface area contributed by atoms with Crippen molar-refractivity contribution < 1.29 is 41.9 Å². The molecule has 5 aromatic carbocycles. The number of amides is 4. The first-order valence-corrected chi connectivity index (χ1v) is 24.7. The van der Waals surface area contributed by atoms with E-state index in [4.69, 9.17) is 4.74 Å². The molecule has 9 heteroatoms. The fourth-order valence-corrected chi connectivity index (χ4v) is 15.1. The van der Waals surface area contributed by atoms with Crippen LogP contribution in [0.3, 0.4) is 0 Å². The fraction of sp³-hybridized carbons (Fsp3) is 0.241. The molecular formula is C54H51N2O5OsP+. The molecule has 0 atom stereocenters. The minimum atomic E-state index is -2.90. The van der Waals surface area contributed by atoms with Crippen LogP contribution in [0.5, 0.6) is 0 Å². The third kappa shape index (κ3) is 7.58. The number of ether oxygens (including phenoxy) is 1. The second kappa shape index (κ2) is 18.3. The Morgan fingerprint density at radius 1 is 0.698 bits per heavy atom. The normalized spacial score (nSPS) is 17.0. The third-order valence-corrected chi connectivity index (χ3v) is 17.2. The molecule has 7 nitrogen and oxygen atoms in total. The van der Waals surface area contributed by atoms with Crippen LogP contribution in [0.1, 0.15) is 101 Å². The van der Waals surface area contributed by atoms with Gasteiger partial charge in [0.2, 0.25) is 0 Å². The van der Waals surface area contributed by atoms with Crippen LogP contribution in [0.4, 0.5) is 0 Å². The van der Waals surface area contributed by atoms with Gasteiger partial charge in [-0.05, 0) is 0 Å². The van der Waals surface area contributed by atoms with E-state index in [0.717, 1.165) is 38.8 Å². The number of carbonyl (C=O) groups is 4. The fourth-order valence-electron chi connectivity index (χ4n) is 9.33. The zero-order valence-electron chi connectivity index (χ0n) is 36.6. The van der Waals surface area contributed by atoms with Gasteiger partial charge in [0.15, 0.2) is 0 Å². The molecule has 0 bridgehead atoms. The van der Waals surface area contributed by atoms with Crippen LogP contribution >= 0.6 is 7.26 Å². The van der Waals surface area contributed by atoms with E-state index in [9.17, 15) is 9.59 Å². The molecule has 0 spiro atoms. The number of allylic oxidation sites excluding steroid dienone is 5. The van der Waals surface area contributed by atoms with Crippen molar-refractivity contribution in [2.24, 2.45) is 11.8 Å². The van der Waals surface area contributed by atoms with E-state index in [1.807, 2.05) is 71.0 Å². The van der Waals surface area contributed by atoms with E-state index in [-0.39, 0.29) is 30.5 Å². The van der Waals surface area contributed by atoms with Gasteiger partial charge in [0, 0.05) is 0 Å². The van der Waals surface area contributed by atoms with Gasteiger partial charge in [0.05, 0.1) is 0 Å². The number of nitrogens with zero attached hydrogens (tertiary/aromatic N) is 2. The summed E-state index contributed by atoms with van der Waals surface area (Å²) in [7, 11) is -2.90. The first kappa shape index (κ1) is 44.0. The van der Waals surface area contributed by atoms with E-state index >= 15 is 9.59 Å². The first-order valence-electron chi connectivity index (χ1n) is 21.6. The summed E-state index contributed by atoms with van der Waals surface area (Å²) in [5.41, 5.74) is 4.97. The van der Waals surface area contributed by atoms with E-state index in [0.29, 0.717) is 57.4 Å². The monoisotopic (exact) mass is 1030 g/mol. The number of rotatable bonds is 12. The van der Waals surface area contributed by atoms with Crippen LogP contribution in [0.2, 0.25) is 0 Å². The van der Waals surface area contributed by atoms with Gasteiger partial charge < -0.3 is 0 Å². The van der Waals surface area contributed by atoms with Gasteiger partial charge in [-0.1, -0.05) is 0 Å². The maximum atomic E-state index is 15.6. The zero-order chi connectivity index (χ0) is 44.6. The van der Waals surface area contributed by atoms with Crippen molar-refractivity contribution in [3.05, 3.63) is 171 Å². The Morgan fingerprint density at radius 3 is 1.65 bits per heavy atom. The summed E-state index contributed by atoms with van der Waals surface area (Å²) in [5.74, 6) is -1.83. The predicted octanol–water partition coefficient (Wildman–Crippen LogP) is 9.88. The third-order valence-electron chi connectivity index (χ3n) is 11.8. The van der Waals surface area contributed by atoms with E-state index in [1.54, 1.807) is 24.0 Å². The Labute approximate surface area is 380 Å². The molecule has 1 fully saturated rings. The van der Waals surface area contributed by atoms with Crippen molar-refractivity contribution in [3.8, 4) is 4.37 Å². The van der Waals surface area contributed by atoms with Gasteiger partial charge in [0.25, 0.3) is 0 Å². The van der Waals surface area contributed by atoms with Crippen LogP contribution in [0.15, 0.2) is 138 Å². The van der Waals surface area contributed by atoms with Crippen molar-refractivity contribution in [3.63, 3.8) is 0 Å². The number of hydrogen-bond donors (Lipinski definition) is 0. The molecule has 63 heavy (non-hydrogen) atoms. The average molecular weight is 1030 g/mol. The van der Waals surface area contributed by atoms with Crippen LogP contribution < -0.4 is 15.9 Å². The molecule has 0 unspecified atom stereocenters. The van der Waals surface area contributed by atoms with Crippen molar-refractivity contribution in [2.75, 3.05) is 26.3 Å². The second-order valence-corrected chi connectivity index (χ2v) is 21.0. The van der Waals surface area contributed by atoms with Crippen molar-refractivity contribution in [1.29, 1.82) is 0 Å². The molecular weight excluding hydrogens is 978 g/mol. The second-order valence-electron chi connectivity index (χ2n) is 17.0. The molecule has 3 heterocycles. The van der Waals surface area contributed by atoms with Crippen molar-refractivity contribution in [2.45, 2.75) is 48.0 Å². The molecule has 4 amide bonds. The zero-order valence-corrected chi connectivity index (χ0v) is 40.0. The number of benzene rings is 5. The van der Waals surface area contributed by atoms with Crippen LogP contribution in [-0.2, 0) is 22.7 Å². The Balaban J connectivity index is 1.65. The number of carbonyl (C=O) groups excluding carboxylic acids is 4. The van der Waals surface area contributed by atoms with Gasteiger partial charge in [-0.15, -0.1) is 0 Å². The predicted molar refractivity (Wildman–Crippen MR) is 252 cm³/mol. The summed E-state index contributed by atoms with van der Waals surface area (Å²) in [6.45, 7) is 13.1. The maximum absolute atomic E-state index is 15.6. The average Bonchev–Trinajstić information content (AvgIpc) is 3.73. The quantitative estimate of drug-likeness (QED) is 0.0919. The molecule has 3 aliphatic rings. The SMILES string of the molecule is C/C=C/c1cc2c3c(c(C(C=C4COCC4=CCC)=C([C]#[Os])[P+](c4ccccc4)(c4ccccc4)c4ccccc4)cc4c3c1C(=O)N(CC(C)C)C4=O)C(=O)N(CC(C)C)C2=O. The van der Waals surface area contributed by atoms with E-state index in [2.05, 4.69) is 96.2 Å². The molecule has 0 aromatic heterocycles. The van der Waals surface area contributed by atoms with Crippen LogP contribution in [-0.4, -0.2) is 59.7 Å². The number of imide groups is 2. The van der Waals surface area contributed by atoms with Crippen LogP contribution in [0, 0.1) is 16.2 Å². The Hall–Kier alpha value is -5.59. The van der Waals surface area contributed by atoms with E-state index in [1.165, 1.54) is 9.80 Å². The van der Waals surface area contributed by atoms with Crippen molar-refractivity contribution >= 4 is 69.2 Å². The van der Waals surface area contributed by atoms with E-state index < -0.39 is 30.9 Å². The molecule has 0 N–H and O–H groups in total. The molecule has 5 aromatic rings. The Kier molecular flexibility index (Phi) is 12.8. The van der Waals surface area contributed by atoms with Crippen LogP contribution in [0.25, 0.3) is 22.4 Å².